The summed E-state index contributed by atoms with van der Waals surface area (Å²) in [6, 6.07) is 1.92. The van der Waals surface area contributed by atoms with Gasteiger partial charge in [0.05, 0.1) is 17.1 Å². The van der Waals surface area contributed by atoms with Crippen molar-refractivity contribution in [3.8, 4) is 5.75 Å². The van der Waals surface area contributed by atoms with Crippen LogP contribution in [0.2, 0.25) is 0 Å². The van der Waals surface area contributed by atoms with Crippen LogP contribution in [-0.4, -0.2) is 12.9 Å². The first-order chi connectivity index (χ1) is 7.27. The number of Topliss-reactive ketones (excluding diaryl/α,β-unsaturated/α-hetero) is 1. The van der Waals surface area contributed by atoms with Crippen LogP contribution in [0.5, 0.6) is 5.75 Å². The standard InChI is InChI=1S/C10H8BrF3O2/c1-5(15)6-3-8(11)9(16-2)4-7(6)10(12,13)14/h3-4H,1-2H3. The van der Waals surface area contributed by atoms with E-state index in [0.29, 0.717) is 4.47 Å². The molecule has 0 radical (unpaired) electrons. The van der Waals surface area contributed by atoms with Crippen LogP contribution in [0.1, 0.15) is 22.8 Å². The van der Waals surface area contributed by atoms with Crippen molar-refractivity contribution in [2.24, 2.45) is 0 Å². The van der Waals surface area contributed by atoms with Gasteiger partial charge < -0.3 is 4.74 Å². The molecule has 1 aromatic carbocycles. The SMILES string of the molecule is COc1cc(C(F)(F)F)c(C(C)=O)cc1Br. The van der Waals surface area contributed by atoms with Gasteiger partial charge in [-0.05, 0) is 35.0 Å². The van der Waals surface area contributed by atoms with Crippen LogP contribution in [0.4, 0.5) is 13.2 Å². The van der Waals surface area contributed by atoms with E-state index in [4.69, 9.17) is 4.74 Å². The highest BCUT2D eigenvalue weighted by Crippen LogP contribution is 2.38. The fraction of sp³-hybridized carbons (Fsp3) is 0.300. The number of hydrogen-bond acceptors (Lipinski definition) is 2. The van der Waals surface area contributed by atoms with Gasteiger partial charge in [-0.3, -0.25) is 4.79 Å². The number of hydrogen-bond donors (Lipinski definition) is 0. The third kappa shape index (κ3) is 2.55. The number of ketones is 1. The normalized spacial score (nSPS) is 11.4. The number of carbonyl (C=O) groups is 1. The molecule has 0 saturated carbocycles. The second kappa shape index (κ2) is 4.45. The Hall–Kier alpha value is -1.04. The third-order valence-corrected chi connectivity index (χ3v) is 2.60. The highest BCUT2D eigenvalue weighted by Gasteiger charge is 2.35. The van der Waals surface area contributed by atoms with E-state index in [1.165, 1.54) is 7.11 Å². The Bertz CT molecular complexity index is 427. The van der Waals surface area contributed by atoms with Gasteiger partial charge in [0.1, 0.15) is 5.75 Å². The van der Waals surface area contributed by atoms with Crippen molar-refractivity contribution >= 4 is 21.7 Å². The molecule has 0 saturated heterocycles. The highest BCUT2D eigenvalue weighted by molar-refractivity contribution is 9.10. The summed E-state index contributed by atoms with van der Waals surface area (Å²) in [4.78, 5) is 11.1. The molecule has 0 aliphatic rings. The second-order valence-corrected chi connectivity index (χ2v) is 3.94. The summed E-state index contributed by atoms with van der Waals surface area (Å²) in [7, 11) is 1.26. The van der Waals surface area contributed by atoms with Gasteiger partial charge in [-0.25, -0.2) is 0 Å². The van der Waals surface area contributed by atoms with Crippen molar-refractivity contribution in [2.75, 3.05) is 7.11 Å². The summed E-state index contributed by atoms with van der Waals surface area (Å²) in [5, 5.41) is 0. The highest BCUT2D eigenvalue weighted by atomic mass is 79.9. The van der Waals surface area contributed by atoms with Crippen LogP contribution in [0.15, 0.2) is 16.6 Å². The van der Waals surface area contributed by atoms with Crippen molar-refractivity contribution in [1.82, 2.24) is 0 Å². The summed E-state index contributed by atoms with van der Waals surface area (Å²) >= 11 is 3.03. The Morgan fingerprint density at radius 3 is 2.31 bits per heavy atom. The van der Waals surface area contributed by atoms with Crippen molar-refractivity contribution in [1.29, 1.82) is 0 Å². The molecule has 0 aliphatic carbocycles. The van der Waals surface area contributed by atoms with Gasteiger partial charge in [0.25, 0.3) is 0 Å². The average Bonchev–Trinajstić information content (AvgIpc) is 2.15. The van der Waals surface area contributed by atoms with Crippen LogP contribution in [0, 0.1) is 0 Å². The minimum atomic E-state index is -4.57. The van der Waals surface area contributed by atoms with Gasteiger partial charge >= 0.3 is 6.18 Å². The first-order valence-corrected chi connectivity index (χ1v) is 5.02. The molecule has 6 heteroatoms. The lowest BCUT2D eigenvalue weighted by Gasteiger charge is -2.13. The maximum Gasteiger partial charge on any atom is 0.417 e. The van der Waals surface area contributed by atoms with E-state index in [1.54, 1.807) is 0 Å². The van der Waals surface area contributed by atoms with E-state index in [-0.39, 0.29) is 11.3 Å². The zero-order chi connectivity index (χ0) is 12.5. The minimum absolute atomic E-state index is 0.0392. The molecule has 88 valence electrons. The Labute approximate surface area is 98.5 Å². The summed E-state index contributed by atoms with van der Waals surface area (Å²) in [6.45, 7) is 1.09. The molecule has 0 bridgehead atoms. The predicted molar refractivity (Wildman–Crippen MR) is 55.7 cm³/mol. The van der Waals surface area contributed by atoms with Crippen LogP contribution >= 0.6 is 15.9 Å². The molecule has 0 atom stereocenters. The maximum atomic E-state index is 12.6. The molecule has 0 heterocycles. The molecule has 1 rings (SSSR count). The van der Waals surface area contributed by atoms with E-state index in [0.717, 1.165) is 19.1 Å². The Morgan fingerprint density at radius 1 is 1.38 bits per heavy atom. The van der Waals surface area contributed by atoms with Gasteiger partial charge in [-0.1, -0.05) is 0 Å². The number of ether oxygens (including phenoxy) is 1. The lowest BCUT2D eigenvalue weighted by molar-refractivity contribution is -0.138. The minimum Gasteiger partial charge on any atom is -0.496 e. The van der Waals surface area contributed by atoms with Crippen LogP contribution in [0.25, 0.3) is 0 Å². The van der Waals surface area contributed by atoms with Gasteiger partial charge in [0.15, 0.2) is 5.78 Å². The summed E-state index contributed by atoms with van der Waals surface area (Å²) in [5.41, 5.74) is -1.36. The van der Waals surface area contributed by atoms with Crippen LogP contribution in [-0.2, 0) is 6.18 Å². The van der Waals surface area contributed by atoms with Crippen LogP contribution in [0.3, 0.4) is 0 Å². The molecule has 0 fully saturated rings. The summed E-state index contributed by atoms with van der Waals surface area (Å²) in [6.07, 6.45) is -4.57. The van der Waals surface area contributed by atoms with E-state index in [9.17, 15) is 18.0 Å². The van der Waals surface area contributed by atoms with Gasteiger partial charge in [-0.2, -0.15) is 13.2 Å². The van der Waals surface area contributed by atoms with Gasteiger partial charge in [0, 0.05) is 5.56 Å². The Morgan fingerprint density at radius 2 is 1.94 bits per heavy atom. The van der Waals surface area contributed by atoms with Gasteiger partial charge in [-0.15, -0.1) is 0 Å². The number of benzene rings is 1. The predicted octanol–water partition coefficient (Wildman–Crippen LogP) is 3.68. The fourth-order valence-electron chi connectivity index (χ4n) is 1.24. The number of halogens is 4. The van der Waals surface area contributed by atoms with E-state index >= 15 is 0 Å². The first kappa shape index (κ1) is 13.0. The Balaban J connectivity index is 3.49. The molecule has 1 aromatic rings. The molecule has 0 amide bonds. The summed E-state index contributed by atoms with van der Waals surface area (Å²) in [5.74, 6) is -0.604. The monoisotopic (exact) mass is 296 g/mol. The zero-order valence-electron chi connectivity index (χ0n) is 8.48. The maximum absolute atomic E-state index is 12.6. The smallest absolute Gasteiger partial charge is 0.417 e. The number of carbonyl (C=O) groups excluding carboxylic acids is 1. The summed E-state index contributed by atoms with van der Waals surface area (Å²) < 4.78 is 43.0. The van der Waals surface area contributed by atoms with Crippen molar-refractivity contribution in [2.45, 2.75) is 13.1 Å². The molecule has 0 aliphatic heterocycles. The lowest BCUT2D eigenvalue weighted by atomic mass is 10.0. The number of rotatable bonds is 2. The zero-order valence-corrected chi connectivity index (χ0v) is 10.1. The molecule has 0 unspecified atom stereocenters. The molecule has 16 heavy (non-hydrogen) atoms. The lowest BCUT2D eigenvalue weighted by Crippen LogP contribution is -2.12. The topological polar surface area (TPSA) is 26.3 Å². The average molecular weight is 297 g/mol. The molecule has 0 aromatic heterocycles. The third-order valence-electron chi connectivity index (χ3n) is 1.98. The van der Waals surface area contributed by atoms with Gasteiger partial charge in [0.2, 0.25) is 0 Å². The fourth-order valence-corrected chi connectivity index (χ4v) is 1.74. The molecular weight excluding hydrogens is 289 g/mol. The van der Waals surface area contributed by atoms with Crippen molar-refractivity contribution in [3.05, 3.63) is 27.7 Å². The largest absolute Gasteiger partial charge is 0.496 e. The number of methoxy groups -OCH3 is 1. The van der Waals surface area contributed by atoms with E-state index < -0.39 is 17.5 Å². The van der Waals surface area contributed by atoms with E-state index in [1.807, 2.05) is 0 Å². The molecule has 0 spiro atoms. The van der Waals surface area contributed by atoms with Crippen LogP contribution < -0.4 is 4.74 Å². The van der Waals surface area contributed by atoms with Crippen molar-refractivity contribution in [3.63, 3.8) is 0 Å². The quantitative estimate of drug-likeness (QED) is 0.778. The number of alkyl halides is 3. The molecular formula is C10H8BrF3O2. The van der Waals surface area contributed by atoms with Crippen molar-refractivity contribution < 1.29 is 22.7 Å². The molecule has 0 N–H and O–H groups in total. The van der Waals surface area contributed by atoms with E-state index in [2.05, 4.69) is 15.9 Å². The second-order valence-electron chi connectivity index (χ2n) is 3.09. The first-order valence-electron chi connectivity index (χ1n) is 4.23. The Kier molecular flexibility index (Phi) is 3.62. The molecule has 2 nitrogen and oxygen atoms in total.